The number of hydrogen-bond donors (Lipinski definition) is 2. The molecule has 0 fully saturated rings. The van der Waals surface area contributed by atoms with Gasteiger partial charge in [0, 0.05) is 25.4 Å². The van der Waals surface area contributed by atoms with Crippen molar-refractivity contribution in [1.82, 2.24) is 20.8 Å². The monoisotopic (exact) mass is 410 g/mol. The highest BCUT2D eigenvalue weighted by Gasteiger charge is 2.12. The van der Waals surface area contributed by atoms with E-state index >= 15 is 0 Å². The average molecular weight is 411 g/mol. The number of halogens is 1. The first-order valence-electron chi connectivity index (χ1n) is 9.28. The van der Waals surface area contributed by atoms with E-state index in [4.69, 9.17) is 25.6 Å². The number of rotatable bonds is 10. The van der Waals surface area contributed by atoms with Gasteiger partial charge < -0.3 is 24.6 Å². The first kappa shape index (κ1) is 21.8. The molecule has 154 valence electrons. The fourth-order valence-electron chi connectivity index (χ4n) is 2.45. The minimum atomic E-state index is -0.266. The van der Waals surface area contributed by atoms with Crippen LogP contribution in [0.5, 0.6) is 11.5 Å². The van der Waals surface area contributed by atoms with E-state index in [1.807, 2.05) is 20.8 Å². The third kappa shape index (κ3) is 6.30. The Morgan fingerprint density at radius 2 is 2.11 bits per heavy atom. The highest BCUT2D eigenvalue weighted by molar-refractivity contribution is 6.32. The molecule has 1 aromatic carbocycles. The van der Waals surface area contributed by atoms with Crippen molar-refractivity contribution < 1.29 is 18.8 Å². The molecule has 0 atom stereocenters. The van der Waals surface area contributed by atoms with E-state index in [2.05, 4.69) is 20.8 Å². The second kappa shape index (κ2) is 10.8. The Hall–Kier alpha value is -2.48. The van der Waals surface area contributed by atoms with Crippen LogP contribution in [0.25, 0.3) is 0 Å². The van der Waals surface area contributed by atoms with Crippen LogP contribution in [0.15, 0.2) is 16.7 Å². The molecule has 2 N–H and O–H groups in total. The van der Waals surface area contributed by atoms with Gasteiger partial charge in [-0.2, -0.15) is 4.98 Å². The summed E-state index contributed by atoms with van der Waals surface area (Å²) < 4.78 is 16.0. The number of amides is 2. The number of nitrogens with zero attached hydrogens (tertiary/aromatic N) is 2. The maximum Gasteiger partial charge on any atom is 0.315 e. The molecule has 28 heavy (non-hydrogen) atoms. The normalized spacial score (nSPS) is 10.8. The van der Waals surface area contributed by atoms with Crippen LogP contribution in [-0.4, -0.2) is 36.4 Å². The highest BCUT2D eigenvalue weighted by Crippen LogP contribution is 2.36. The molecule has 1 aromatic heterocycles. The Kier molecular flexibility index (Phi) is 8.38. The summed E-state index contributed by atoms with van der Waals surface area (Å²) in [4.78, 5) is 16.3. The van der Waals surface area contributed by atoms with Crippen LogP contribution in [0.4, 0.5) is 4.79 Å². The fraction of sp³-hybridized carbons (Fsp3) is 0.526. The standard InChI is InChI=1S/C19H27ClN4O4/c1-5-27-17-14(20)9-13(10-15(17)26-4)11-22-19(25)21-8-6-7-16-23-18(12(2)3)24-28-16/h9-10,12H,5-8,11H2,1-4H3,(H2,21,22,25). The van der Waals surface area contributed by atoms with Crippen LogP contribution in [0, 0.1) is 0 Å². The number of aryl methyl sites for hydroxylation is 1. The van der Waals surface area contributed by atoms with E-state index in [0.29, 0.717) is 60.8 Å². The lowest BCUT2D eigenvalue weighted by Crippen LogP contribution is -2.35. The van der Waals surface area contributed by atoms with Crippen LogP contribution in [0.2, 0.25) is 5.02 Å². The topological polar surface area (TPSA) is 98.5 Å². The maximum absolute atomic E-state index is 12.0. The lowest BCUT2D eigenvalue weighted by Gasteiger charge is -2.13. The van der Waals surface area contributed by atoms with Crippen molar-refractivity contribution in [2.45, 2.75) is 46.1 Å². The van der Waals surface area contributed by atoms with Gasteiger partial charge in [0.25, 0.3) is 0 Å². The Bertz CT molecular complexity index is 779. The lowest BCUT2D eigenvalue weighted by molar-refractivity contribution is 0.240. The SMILES string of the molecule is CCOc1c(Cl)cc(CNC(=O)NCCCc2nc(C(C)C)no2)cc1OC. The molecule has 1 heterocycles. The molecule has 8 nitrogen and oxygen atoms in total. The van der Waals surface area contributed by atoms with Crippen molar-refractivity contribution in [1.29, 1.82) is 0 Å². The summed E-state index contributed by atoms with van der Waals surface area (Å²) in [5, 5.41) is 9.95. The minimum Gasteiger partial charge on any atom is -0.493 e. The second-order valence-corrected chi connectivity index (χ2v) is 6.86. The zero-order chi connectivity index (χ0) is 20.5. The zero-order valence-corrected chi connectivity index (χ0v) is 17.4. The third-order valence-corrected chi connectivity index (χ3v) is 4.16. The first-order valence-corrected chi connectivity index (χ1v) is 9.65. The summed E-state index contributed by atoms with van der Waals surface area (Å²) in [7, 11) is 1.55. The summed E-state index contributed by atoms with van der Waals surface area (Å²) in [5.74, 6) is 2.55. The van der Waals surface area contributed by atoms with Crippen molar-refractivity contribution in [2.75, 3.05) is 20.3 Å². The summed E-state index contributed by atoms with van der Waals surface area (Å²) in [5.41, 5.74) is 0.813. The number of carbonyl (C=O) groups is 1. The van der Waals surface area contributed by atoms with Gasteiger partial charge in [-0.3, -0.25) is 0 Å². The Morgan fingerprint density at radius 1 is 1.32 bits per heavy atom. The van der Waals surface area contributed by atoms with E-state index in [0.717, 1.165) is 5.56 Å². The van der Waals surface area contributed by atoms with E-state index in [-0.39, 0.29) is 11.9 Å². The van der Waals surface area contributed by atoms with Crippen LogP contribution in [0.1, 0.15) is 50.4 Å². The smallest absolute Gasteiger partial charge is 0.315 e. The molecule has 0 aliphatic heterocycles. The number of aromatic nitrogens is 2. The van der Waals surface area contributed by atoms with Crippen molar-refractivity contribution in [3.05, 3.63) is 34.4 Å². The van der Waals surface area contributed by atoms with Crippen LogP contribution in [0.3, 0.4) is 0 Å². The molecule has 2 amide bonds. The van der Waals surface area contributed by atoms with Crippen molar-refractivity contribution in [2.24, 2.45) is 0 Å². The van der Waals surface area contributed by atoms with E-state index in [9.17, 15) is 4.79 Å². The molecule has 2 rings (SSSR count). The molecular weight excluding hydrogens is 384 g/mol. The molecule has 0 aliphatic carbocycles. The molecule has 9 heteroatoms. The van der Waals surface area contributed by atoms with Gasteiger partial charge in [-0.25, -0.2) is 4.79 Å². The second-order valence-electron chi connectivity index (χ2n) is 6.46. The largest absolute Gasteiger partial charge is 0.493 e. The molecule has 0 saturated heterocycles. The quantitative estimate of drug-likeness (QED) is 0.579. The summed E-state index contributed by atoms with van der Waals surface area (Å²) >= 11 is 6.24. The molecule has 0 radical (unpaired) electrons. The maximum atomic E-state index is 12.0. The lowest BCUT2D eigenvalue weighted by atomic mass is 10.2. The molecule has 2 aromatic rings. The van der Waals surface area contributed by atoms with E-state index in [1.165, 1.54) is 0 Å². The number of carbonyl (C=O) groups excluding carboxylic acids is 1. The van der Waals surface area contributed by atoms with Gasteiger partial charge in [0.2, 0.25) is 5.89 Å². The zero-order valence-electron chi connectivity index (χ0n) is 16.7. The predicted molar refractivity (Wildman–Crippen MR) is 106 cm³/mol. The molecule has 0 bridgehead atoms. The van der Waals surface area contributed by atoms with E-state index < -0.39 is 0 Å². The van der Waals surface area contributed by atoms with Gasteiger partial charge in [0.05, 0.1) is 18.7 Å². The summed E-state index contributed by atoms with van der Waals surface area (Å²) in [6, 6.07) is 3.27. The number of benzene rings is 1. The van der Waals surface area contributed by atoms with Gasteiger partial charge in [-0.15, -0.1) is 0 Å². The molecule has 0 spiro atoms. The minimum absolute atomic E-state index is 0.233. The average Bonchev–Trinajstić information content (AvgIpc) is 3.14. The van der Waals surface area contributed by atoms with Crippen molar-refractivity contribution in [3.63, 3.8) is 0 Å². The van der Waals surface area contributed by atoms with Crippen molar-refractivity contribution in [3.8, 4) is 11.5 Å². The first-order chi connectivity index (χ1) is 13.4. The number of urea groups is 1. The molecule has 0 unspecified atom stereocenters. The molecule has 0 saturated carbocycles. The van der Waals surface area contributed by atoms with Gasteiger partial charge >= 0.3 is 6.03 Å². The predicted octanol–water partition coefficient (Wildman–Crippen LogP) is 3.69. The van der Waals surface area contributed by atoms with Crippen LogP contribution < -0.4 is 20.1 Å². The van der Waals surface area contributed by atoms with Gasteiger partial charge in [0.1, 0.15) is 0 Å². The number of hydrogen-bond acceptors (Lipinski definition) is 6. The number of methoxy groups -OCH3 is 1. The Morgan fingerprint density at radius 3 is 2.75 bits per heavy atom. The van der Waals surface area contributed by atoms with Crippen LogP contribution >= 0.6 is 11.6 Å². The highest BCUT2D eigenvalue weighted by atomic mass is 35.5. The summed E-state index contributed by atoms with van der Waals surface area (Å²) in [6.07, 6.45) is 1.32. The van der Waals surface area contributed by atoms with Crippen LogP contribution in [-0.2, 0) is 13.0 Å². The van der Waals surface area contributed by atoms with Gasteiger partial charge in [-0.05, 0) is 31.0 Å². The van der Waals surface area contributed by atoms with Gasteiger partial charge in [0.15, 0.2) is 17.3 Å². The fourth-order valence-corrected chi connectivity index (χ4v) is 2.74. The molecule has 0 aliphatic rings. The Labute approximate surface area is 169 Å². The Balaban J connectivity index is 1.75. The van der Waals surface area contributed by atoms with Gasteiger partial charge in [-0.1, -0.05) is 30.6 Å². The number of nitrogens with one attached hydrogen (secondary N) is 2. The van der Waals surface area contributed by atoms with Crippen molar-refractivity contribution >= 4 is 17.6 Å². The third-order valence-electron chi connectivity index (χ3n) is 3.88. The summed E-state index contributed by atoms with van der Waals surface area (Å²) in [6.45, 7) is 7.19. The number of ether oxygens (including phenoxy) is 2. The molecular formula is C19H27ClN4O4. The van der Waals surface area contributed by atoms with E-state index in [1.54, 1.807) is 19.2 Å².